The molecule has 0 spiro atoms. The summed E-state index contributed by atoms with van der Waals surface area (Å²) >= 11 is 8.61. The molecule has 0 aliphatic heterocycles. The van der Waals surface area contributed by atoms with Crippen LogP contribution in [0.2, 0.25) is 0 Å². The second-order valence-electron chi connectivity index (χ2n) is 3.21. The minimum Gasteiger partial charge on any atom is -0.371 e. The van der Waals surface area contributed by atoms with E-state index in [2.05, 4.69) is 19.9 Å². The molecule has 1 rings (SSSR count). The predicted molar refractivity (Wildman–Crippen MR) is 82.2 cm³/mol. The smallest absolute Gasteiger partial charge is 0.0638 e. The van der Waals surface area contributed by atoms with Crippen molar-refractivity contribution < 1.29 is 0 Å². The van der Waals surface area contributed by atoms with Crippen molar-refractivity contribution in [2.24, 2.45) is 0 Å². The van der Waals surface area contributed by atoms with Crippen LogP contribution in [0.3, 0.4) is 0 Å². The summed E-state index contributed by atoms with van der Waals surface area (Å²) in [6, 6.07) is 2.27. The van der Waals surface area contributed by atoms with Crippen LogP contribution >= 0.6 is 35.3 Å². The summed E-state index contributed by atoms with van der Waals surface area (Å²) < 4.78 is 0. The van der Waals surface area contributed by atoms with Gasteiger partial charge in [0.25, 0.3) is 0 Å². The number of nitrogens with zero attached hydrogens (tertiary/aromatic N) is 1. The number of hydrogen-bond donors (Lipinski definition) is 0. The van der Waals surface area contributed by atoms with E-state index in [1.165, 1.54) is 14.6 Å². The monoisotopic (exact) mass is 275 g/mol. The topological polar surface area (TPSA) is 3.24 Å². The highest BCUT2D eigenvalue weighted by Crippen LogP contribution is 2.29. The number of hydrogen-bond acceptors (Lipinski definition) is 3. The van der Waals surface area contributed by atoms with Crippen molar-refractivity contribution in [3.63, 3.8) is 0 Å². The molecule has 1 aromatic heterocycles. The molecule has 0 saturated carbocycles. The van der Waals surface area contributed by atoms with Gasteiger partial charge in [-0.25, -0.2) is 0 Å². The maximum absolute atomic E-state index is 4.83. The van der Waals surface area contributed by atoms with Crippen LogP contribution in [0.15, 0.2) is 11.0 Å². The number of rotatable bonds is 5. The van der Waals surface area contributed by atoms with Gasteiger partial charge >= 0.3 is 0 Å². The molecule has 1 aromatic rings. The molecule has 4 heteroatoms. The number of thiocarbonyl (C=S) groups is 1. The van der Waals surface area contributed by atoms with Crippen molar-refractivity contribution >= 4 is 40.8 Å². The molecule has 0 bridgehead atoms. The number of thiophene rings is 1. The third-order valence-electron chi connectivity index (χ3n) is 1.88. The molecule has 0 N–H and O–H groups in total. The zero-order chi connectivity index (χ0) is 12.6. The van der Waals surface area contributed by atoms with E-state index in [9.17, 15) is 0 Å². The molecule has 1 heterocycles. The van der Waals surface area contributed by atoms with E-state index in [0.717, 1.165) is 12.3 Å². The van der Waals surface area contributed by atoms with E-state index >= 15 is 0 Å². The van der Waals surface area contributed by atoms with Crippen LogP contribution in [0.4, 0.5) is 0 Å². The van der Waals surface area contributed by atoms with Crippen molar-refractivity contribution in [1.82, 2.24) is 4.90 Å². The lowest BCUT2D eigenvalue weighted by molar-refractivity contribution is 0.565. The maximum Gasteiger partial charge on any atom is 0.0638 e. The fourth-order valence-corrected chi connectivity index (χ4v) is 3.47. The van der Waals surface area contributed by atoms with Crippen molar-refractivity contribution in [1.29, 1.82) is 0 Å². The summed E-state index contributed by atoms with van der Waals surface area (Å²) in [4.78, 5) is 6.28. The fourth-order valence-electron chi connectivity index (χ4n) is 1.10. The number of thioether (sulfide) groups is 1. The summed E-state index contributed by atoms with van der Waals surface area (Å²) in [5.41, 5.74) is 1.70. The Kier molecular flexibility index (Phi) is 8.99. The van der Waals surface area contributed by atoms with E-state index in [-0.39, 0.29) is 0 Å². The third-order valence-corrected chi connectivity index (χ3v) is 4.45. The number of aryl methyl sites for hydroxylation is 2. The first-order valence-corrected chi connectivity index (χ1v) is 7.76. The summed E-state index contributed by atoms with van der Waals surface area (Å²) in [7, 11) is 2.01. The van der Waals surface area contributed by atoms with Gasteiger partial charge in [-0.2, -0.15) is 0 Å². The normalized spacial score (nSPS) is 9.31. The highest BCUT2D eigenvalue weighted by atomic mass is 32.2. The Morgan fingerprint density at radius 1 is 1.44 bits per heavy atom. The minimum absolute atomic E-state index is 1.02. The molecule has 0 aromatic carbocycles. The molecule has 0 radical (unpaired) electrons. The van der Waals surface area contributed by atoms with Gasteiger partial charge in [-0.1, -0.05) is 26.1 Å². The van der Waals surface area contributed by atoms with Crippen molar-refractivity contribution in [2.75, 3.05) is 19.3 Å². The molecule has 0 amide bonds. The second-order valence-corrected chi connectivity index (χ2v) is 6.02. The van der Waals surface area contributed by atoms with Gasteiger partial charge in [-0.05, 0) is 19.9 Å². The van der Waals surface area contributed by atoms with Crippen LogP contribution in [0.5, 0.6) is 0 Å². The molecule has 92 valence electrons. The first-order chi connectivity index (χ1) is 7.63. The molecule has 0 unspecified atom stereocenters. The Morgan fingerprint density at radius 3 is 2.50 bits per heavy atom. The zero-order valence-corrected chi connectivity index (χ0v) is 13.2. The van der Waals surface area contributed by atoms with Gasteiger partial charge in [-0.3, -0.25) is 0 Å². The van der Waals surface area contributed by atoms with Crippen LogP contribution in [0, 0.1) is 13.8 Å². The average molecular weight is 276 g/mol. The SMILES string of the molecule is CC.Cc1cc(SCCN(C)C=S)c(C)s1. The van der Waals surface area contributed by atoms with Crippen LogP contribution in [-0.2, 0) is 0 Å². The summed E-state index contributed by atoms with van der Waals surface area (Å²) in [5.74, 6) is 1.10. The predicted octanol–water partition coefficient (Wildman–Crippen LogP) is 4.37. The van der Waals surface area contributed by atoms with Crippen LogP contribution in [-0.4, -0.2) is 29.7 Å². The highest BCUT2D eigenvalue weighted by Gasteiger charge is 2.03. The van der Waals surface area contributed by atoms with E-state index in [1.54, 1.807) is 5.49 Å². The van der Waals surface area contributed by atoms with Crippen molar-refractivity contribution in [3.8, 4) is 0 Å². The quantitative estimate of drug-likeness (QED) is 0.580. The van der Waals surface area contributed by atoms with Gasteiger partial charge in [0.1, 0.15) is 0 Å². The Bertz CT molecular complexity index is 307. The fraction of sp³-hybridized carbons (Fsp3) is 0.583. The van der Waals surface area contributed by atoms with E-state index < -0.39 is 0 Å². The third kappa shape index (κ3) is 5.87. The molecule has 1 nitrogen and oxygen atoms in total. The lowest BCUT2D eigenvalue weighted by Gasteiger charge is -2.10. The van der Waals surface area contributed by atoms with E-state index in [0.29, 0.717) is 0 Å². The highest BCUT2D eigenvalue weighted by molar-refractivity contribution is 7.99. The molecule has 0 atom stereocenters. The van der Waals surface area contributed by atoms with Gasteiger partial charge in [0, 0.05) is 34.0 Å². The van der Waals surface area contributed by atoms with Gasteiger partial charge in [-0.15, -0.1) is 23.1 Å². The molecular formula is C12H21NS3. The van der Waals surface area contributed by atoms with Crippen molar-refractivity contribution in [3.05, 3.63) is 15.8 Å². The standard InChI is InChI=1S/C10H15NS3.C2H6/c1-8-6-10(9(2)14-8)13-5-4-11(3)7-12;1-2/h6-7H,4-5H2,1-3H3;1-2H3. The lowest BCUT2D eigenvalue weighted by atomic mass is 10.4. The molecule has 16 heavy (non-hydrogen) atoms. The molecule has 0 aliphatic carbocycles. The molecule has 0 aliphatic rings. The zero-order valence-electron chi connectivity index (χ0n) is 10.7. The molecule has 0 fully saturated rings. The lowest BCUT2D eigenvalue weighted by Crippen LogP contribution is -2.17. The van der Waals surface area contributed by atoms with Gasteiger partial charge < -0.3 is 4.90 Å². The largest absolute Gasteiger partial charge is 0.371 e. The first kappa shape index (κ1) is 15.9. The summed E-state index contributed by atoms with van der Waals surface area (Å²) in [6.45, 7) is 9.36. The summed E-state index contributed by atoms with van der Waals surface area (Å²) in [5, 5.41) is 0. The average Bonchev–Trinajstić information content (AvgIpc) is 2.60. The van der Waals surface area contributed by atoms with Crippen LogP contribution < -0.4 is 0 Å². The van der Waals surface area contributed by atoms with Gasteiger partial charge in [0.15, 0.2) is 0 Å². The Balaban J connectivity index is 0.00000106. The van der Waals surface area contributed by atoms with E-state index in [4.69, 9.17) is 12.2 Å². The Labute approximate surface area is 113 Å². The van der Waals surface area contributed by atoms with Crippen molar-refractivity contribution in [2.45, 2.75) is 32.6 Å². The minimum atomic E-state index is 1.02. The van der Waals surface area contributed by atoms with Crippen LogP contribution in [0.25, 0.3) is 0 Å². The van der Waals surface area contributed by atoms with Crippen LogP contribution in [0.1, 0.15) is 23.6 Å². The molecule has 0 saturated heterocycles. The Hall–Kier alpha value is -0.0600. The second kappa shape index (κ2) is 9.02. The first-order valence-electron chi connectivity index (χ1n) is 5.49. The molecular weight excluding hydrogens is 254 g/mol. The Morgan fingerprint density at radius 2 is 2.06 bits per heavy atom. The van der Waals surface area contributed by atoms with Gasteiger partial charge in [0.2, 0.25) is 0 Å². The van der Waals surface area contributed by atoms with Gasteiger partial charge in [0.05, 0.1) is 5.49 Å². The maximum atomic E-state index is 4.83. The summed E-state index contributed by atoms with van der Waals surface area (Å²) in [6.07, 6.45) is 0. The van der Waals surface area contributed by atoms with E-state index in [1.807, 2.05) is 48.9 Å².